The van der Waals surface area contributed by atoms with Gasteiger partial charge < -0.3 is 10.4 Å². The summed E-state index contributed by atoms with van der Waals surface area (Å²) >= 11 is 0. The van der Waals surface area contributed by atoms with Crippen LogP contribution in [0.1, 0.15) is 21.6 Å². The molecule has 2 rings (SSSR count). The normalized spacial score (nSPS) is 11.2. The summed E-state index contributed by atoms with van der Waals surface area (Å²) in [6, 6.07) is 6.34. The molecular weight excluding hydrogens is 285 g/mol. The smallest absolute Gasteiger partial charge is 0.433 e. The van der Waals surface area contributed by atoms with E-state index < -0.39 is 17.8 Å². The molecule has 0 aliphatic rings. The van der Waals surface area contributed by atoms with E-state index in [0.717, 1.165) is 18.3 Å². The first kappa shape index (κ1) is 14.8. The molecule has 2 N–H and O–H groups in total. The van der Waals surface area contributed by atoms with Crippen LogP contribution in [0.3, 0.4) is 0 Å². The molecule has 21 heavy (non-hydrogen) atoms. The minimum Gasteiger partial charge on any atom is -0.508 e. The van der Waals surface area contributed by atoms with Crippen LogP contribution in [0.25, 0.3) is 0 Å². The van der Waals surface area contributed by atoms with Crippen molar-refractivity contribution in [2.24, 2.45) is 0 Å². The summed E-state index contributed by atoms with van der Waals surface area (Å²) < 4.78 is 37.1. The Kier molecular flexibility index (Phi) is 3.84. The van der Waals surface area contributed by atoms with Crippen LogP contribution >= 0.6 is 0 Å². The van der Waals surface area contributed by atoms with Gasteiger partial charge in [0, 0.05) is 11.1 Å². The minimum atomic E-state index is -4.52. The zero-order valence-electron chi connectivity index (χ0n) is 10.9. The van der Waals surface area contributed by atoms with Crippen LogP contribution in [0, 0.1) is 6.92 Å². The summed E-state index contributed by atoms with van der Waals surface area (Å²) in [7, 11) is 0. The molecule has 0 bridgehead atoms. The number of halogens is 3. The predicted octanol–water partition coefficient (Wildman–Crippen LogP) is 3.37. The Balaban J connectivity index is 2.18. The second-order valence-corrected chi connectivity index (χ2v) is 4.33. The van der Waals surface area contributed by atoms with Crippen molar-refractivity contribution in [3.8, 4) is 5.75 Å². The molecule has 7 heteroatoms. The number of hydrogen-bond acceptors (Lipinski definition) is 3. The van der Waals surface area contributed by atoms with E-state index in [-0.39, 0.29) is 17.0 Å². The van der Waals surface area contributed by atoms with E-state index in [2.05, 4.69) is 10.3 Å². The molecule has 110 valence electrons. The summed E-state index contributed by atoms with van der Waals surface area (Å²) in [4.78, 5) is 15.2. The molecule has 0 saturated heterocycles. The number of aromatic nitrogens is 1. The Morgan fingerprint density at radius 2 is 1.95 bits per heavy atom. The quantitative estimate of drug-likeness (QED) is 0.893. The van der Waals surface area contributed by atoms with Crippen molar-refractivity contribution in [2.45, 2.75) is 13.1 Å². The van der Waals surface area contributed by atoms with Gasteiger partial charge in [-0.3, -0.25) is 4.79 Å². The number of phenolic OH excluding ortho intramolecular Hbond substituents is 1. The van der Waals surface area contributed by atoms with E-state index in [0.29, 0.717) is 5.56 Å². The van der Waals surface area contributed by atoms with Crippen LogP contribution in [0.4, 0.5) is 18.9 Å². The van der Waals surface area contributed by atoms with E-state index in [4.69, 9.17) is 0 Å². The highest BCUT2D eigenvalue weighted by Gasteiger charge is 2.32. The summed E-state index contributed by atoms with van der Waals surface area (Å²) in [6.07, 6.45) is -3.59. The molecule has 0 unspecified atom stereocenters. The van der Waals surface area contributed by atoms with Crippen LogP contribution < -0.4 is 5.32 Å². The van der Waals surface area contributed by atoms with Gasteiger partial charge in [-0.05, 0) is 31.2 Å². The maximum absolute atomic E-state index is 12.4. The number of pyridine rings is 1. The number of anilines is 1. The topological polar surface area (TPSA) is 62.2 Å². The molecule has 0 radical (unpaired) electrons. The zero-order chi connectivity index (χ0) is 15.6. The molecule has 1 aromatic carbocycles. The molecular formula is C14H11F3N2O2. The number of alkyl halides is 3. The van der Waals surface area contributed by atoms with Crippen molar-refractivity contribution in [1.29, 1.82) is 0 Å². The van der Waals surface area contributed by atoms with Gasteiger partial charge >= 0.3 is 6.18 Å². The van der Waals surface area contributed by atoms with Crippen molar-refractivity contribution >= 4 is 11.6 Å². The highest BCUT2D eigenvalue weighted by Crippen LogP contribution is 2.28. The number of phenols is 1. The third-order valence-corrected chi connectivity index (χ3v) is 2.86. The largest absolute Gasteiger partial charge is 0.508 e. The number of amides is 1. The van der Waals surface area contributed by atoms with Crippen molar-refractivity contribution < 1.29 is 23.1 Å². The lowest BCUT2D eigenvalue weighted by molar-refractivity contribution is -0.141. The van der Waals surface area contributed by atoms with E-state index in [1.165, 1.54) is 18.2 Å². The molecule has 1 aromatic heterocycles. The highest BCUT2D eigenvalue weighted by atomic mass is 19.4. The van der Waals surface area contributed by atoms with Crippen molar-refractivity contribution in [3.05, 3.63) is 53.3 Å². The second kappa shape index (κ2) is 5.43. The zero-order valence-corrected chi connectivity index (χ0v) is 10.9. The number of hydrogen-bond donors (Lipinski definition) is 2. The van der Waals surface area contributed by atoms with Crippen LogP contribution in [0.5, 0.6) is 5.75 Å². The molecule has 0 spiro atoms. The van der Waals surface area contributed by atoms with Gasteiger partial charge in [-0.15, -0.1) is 0 Å². The maximum Gasteiger partial charge on any atom is 0.433 e. The van der Waals surface area contributed by atoms with Crippen molar-refractivity contribution in [3.63, 3.8) is 0 Å². The lowest BCUT2D eigenvalue weighted by Crippen LogP contribution is -2.14. The number of carbonyl (C=O) groups is 1. The Morgan fingerprint density at radius 1 is 1.24 bits per heavy atom. The first-order valence-electron chi connectivity index (χ1n) is 5.92. The lowest BCUT2D eigenvalue weighted by Gasteiger charge is -2.10. The molecule has 4 nitrogen and oxygen atoms in total. The van der Waals surface area contributed by atoms with E-state index in [9.17, 15) is 23.1 Å². The summed E-state index contributed by atoms with van der Waals surface area (Å²) in [5.41, 5.74) is -0.283. The molecule has 0 atom stereocenters. The minimum absolute atomic E-state index is 0.0341. The van der Waals surface area contributed by atoms with E-state index in [1.807, 2.05) is 0 Å². The highest BCUT2D eigenvalue weighted by molar-refractivity contribution is 6.05. The Labute approximate surface area is 118 Å². The number of benzene rings is 1. The number of nitrogens with zero attached hydrogens (tertiary/aromatic N) is 1. The van der Waals surface area contributed by atoms with Crippen LogP contribution in [0.15, 0.2) is 36.5 Å². The van der Waals surface area contributed by atoms with Gasteiger partial charge in [0.05, 0.1) is 11.9 Å². The average Bonchev–Trinajstić information content (AvgIpc) is 2.41. The van der Waals surface area contributed by atoms with Gasteiger partial charge in [0.2, 0.25) is 0 Å². The van der Waals surface area contributed by atoms with E-state index >= 15 is 0 Å². The summed E-state index contributed by atoms with van der Waals surface area (Å²) in [5, 5.41) is 11.9. The maximum atomic E-state index is 12.4. The number of rotatable bonds is 2. The molecule has 2 aromatic rings. The fourth-order valence-electron chi connectivity index (χ4n) is 1.70. The molecule has 0 saturated carbocycles. The predicted molar refractivity (Wildman–Crippen MR) is 70.0 cm³/mol. The number of aromatic hydroxyl groups is 1. The molecule has 0 aliphatic heterocycles. The second-order valence-electron chi connectivity index (χ2n) is 4.33. The third-order valence-electron chi connectivity index (χ3n) is 2.86. The first-order valence-corrected chi connectivity index (χ1v) is 5.92. The van der Waals surface area contributed by atoms with Gasteiger partial charge in [-0.25, -0.2) is 4.98 Å². The fraction of sp³-hybridized carbons (Fsp3) is 0.143. The van der Waals surface area contributed by atoms with Crippen LogP contribution in [0.2, 0.25) is 0 Å². The Hall–Kier alpha value is -2.57. The van der Waals surface area contributed by atoms with Gasteiger partial charge in [0.25, 0.3) is 5.91 Å². The van der Waals surface area contributed by atoms with Gasteiger partial charge in [0.1, 0.15) is 11.4 Å². The monoisotopic (exact) mass is 296 g/mol. The Bertz CT molecular complexity index is 667. The van der Waals surface area contributed by atoms with Crippen molar-refractivity contribution in [2.75, 3.05) is 5.32 Å². The summed E-state index contributed by atoms with van der Waals surface area (Å²) in [5.74, 6) is -0.571. The lowest BCUT2D eigenvalue weighted by atomic mass is 10.1. The SMILES string of the molecule is Cc1c(O)cccc1C(=O)Nc1ccc(C(F)(F)F)nc1. The number of carbonyl (C=O) groups excluding carboxylic acids is 1. The summed E-state index contributed by atoms with van der Waals surface area (Å²) in [6.45, 7) is 1.56. The van der Waals surface area contributed by atoms with Crippen molar-refractivity contribution in [1.82, 2.24) is 4.98 Å². The van der Waals surface area contributed by atoms with Crippen LogP contribution in [-0.2, 0) is 6.18 Å². The molecule has 1 heterocycles. The molecule has 1 amide bonds. The van der Waals surface area contributed by atoms with Gasteiger partial charge in [0.15, 0.2) is 0 Å². The standard InChI is InChI=1S/C14H11F3N2O2/c1-8-10(3-2-4-11(8)20)13(21)19-9-5-6-12(18-7-9)14(15,16)17/h2-7,20H,1H3,(H,19,21). The van der Waals surface area contributed by atoms with E-state index in [1.54, 1.807) is 6.92 Å². The van der Waals surface area contributed by atoms with Gasteiger partial charge in [-0.2, -0.15) is 13.2 Å². The fourth-order valence-corrected chi connectivity index (χ4v) is 1.70. The van der Waals surface area contributed by atoms with Gasteiger partial charge in [-0.1, -0.05) is 6.07 Å². The average molecular weight is 296 g/mol. The molecule has 0 aliphatic carbocycles. The third kappa shape index (κ3) is 3.31. The first-order chi connectivity index (χ1) is 9.79. The number of nitrogens with one attached hydrogen (secondary N) is 1. The molecule has 0 fully saturated rings. The Morgan fingerprint density at radius 3 is 2.52 bits per heavy atom. The van der Waals surface area contributed by atoms with Crippen LogP contribution in [-0.4, -0.2) is 16.0 Å².